The fourth-order valence-corrected chi connectivity index (χ4v) is 3.00. The molecule has 1 unspecified atom stereocenters. The molecule has 0 saturated carbocycles. The van der Waals surface area contributed by atoms with E-state index in [0.29, 0.717) is 16.3 Å². The second-order valence-electron chi connectivity index (χ2n) is 4.24. The van der Waals surface area contributed by atoms with Crippen molar-refractivity contribution in [2.45, 2.75) is 29.9 Å². The van der Waals surface area contributed by atoms with Gasteiger partial charge >= 0.3 is 0 Å². The van der Waals surface area contributed by atoms with Crippen LogP contribution in [0.15, 0.2) is 30.3 Å². The van der Waals surface area contributed by atoms with Gasteiger partial charge in [0.15, 0.2) is 0 Å². The van der Waals surface area contributed by atoms with Gasteiger partial charge in [-0.3, -0.25) is 9.69 Å². The minimum atomic E-state index is 0.354. The van der Waals surface area contributed by atoms with Crippen LogP contribution in [0.25, 0.3) is 0 Å². The molecule has 0 amide bonds. The Bertz CT molecular complexity index is 352. The van der Waals surface area contributed by atoms with Crippen LogP contribution in [0, 0.1) is 0 Å². The number of carbonyl (C=O) groups excluding carboxylic acids is 1. The molecule has 0 spiro atoms. The average molecular weight is 329 g/mol. The van der Waals surface area contributed by atoms with Crippen LogP contribution in [0.3, 0.4) is 0 Å². The minimum absolute atomic E-state index is 0.354. The smallest absolute Gasteiger partial charge is 0.135 e. The summed E-state index contributed by atoms with van der Waals surface area (Å²) in [6, 6.07) is 10.5. The van der Waals surface area contributed by atoms with Crippen LogP contribution in [0.2, 0.25) is 0 Å². The number of hydrogen-bond donors (Lipinski definition) is 0. The van der Waals surface area contributed by atoms with E-state index < -0.39 is 0 Å². The first-order chi connectivity index (χ1) is 7.75. The Morgan fingerprint density at radius 2 is 2.06 bits per heavy atom. The Hall–Kier alpha value is -0.420. The van der Waals surface area contributed by atoms with Gasteiger partial charge in [-0.05, 0) is 18.5 Å². The molecule has 2 rings (SSSR count). The maximum Gasteiger partial charge on any atom is 0.135 e. The Kier molecular flexibility index (Phi) is 4.35. The first kappa shape index (κ1) is 12.0. The normalized spacial score (nSPS) is 23.1. The van der Waals surface area contributed by atoms with E-state index in [1.807, 2.05) is 6.07 Å². The van der Waals surface area contributed by atoms with Crippen molar-refractivity contribution in [2.24, 2.45) is 0 Å². The van der Waals surface area contributed by atoms with Crippen molar-refractivity contribution in [1.29, 1.82) is 0 Å². The molecule has 1 saturated heterocycles. The van der Waals surface area contributed by atoms with E-state index in [9.17, 15) is 4.79 Å². The van der Waals surface area contributed by atoms with Gasteiger partial charge in [0.05, 0.1) is 4.05 Å². The van der Waals surface area contributed by atoms with E-state index in [0.717, 1.165) is 25.9 Å². The molecular formula is C13H16INO. The van der Waals surface area contributed by atoms with E-state index in [-0.39, 0.29) is 0 Å². The quantitative estimate of drug-likeness (QED) is 0.472. The number of likely N-dealkylation sites (tertiary alicyclic amines) is 1. The van der Waals surface area contributed by atoms with Gasteiger partial charge in [0.1, 0.15) is 5.78 Å². The highest BCUT2D eigenvalue weighted by Gasteiger charge is 2.22. The average Bonchev–Trinajstić information content (AvgIpc) is 2.43. The molecule has 1 aromatic carbocycles. The second kappa shape index (κ2) is 5.77. The third-order valence-corrected chi connectivity index (χ3v) is 4.15. The standard InChI is InChI=1S/C13H16INO/c14-13-9-12(16)7-4-8-15(13)10-11-5-2-1-3-6-11/h1-3,5-6,13H,4,7-10H2. The number of carbonyl (C=O) groups is 1. The van der Waals surface area contributed by atoms with Gasteiger partial charge in [-0.15, -0.1) is 0 Å². The third kappa shape index (κ3) is 3.28. The summed E-state index contributed by atoms with van der Waals surface area (Å²) >= 11 is 2.39. The van der Waals surface area contributed by atoms with Crippen LogP contribution in [0.5, 0.6) is 0 Å². The summed E-state index contributed by atoms with van der Waals surface area (Å²) in [5.74, 6) is 0.412. The van der Waals surface area contributed by atoms with Gasteiger partial charge in [-0.2, -0.15) is 0 Å². The van der Waals surface area contributed by atoms with E-state index in [2.05, 4.69) is 51.8 Å². The van der Waals surface area contributed by atoms with Crippen molar-refractivity contribution in [3.05, 3.63) is 35.9 Å². The molecule has 0 radical (unpaired) electrons. The van der Waals surface area contributed by atoms with Crippen LogP contribution in [0.1, 0.15) is 24.8 Å². The molecule has 16 heavy (non-hydrogen) atoms. The molecule has 1 aliphatic rings. The minimum Gasteiger partial charge on any atom is -0.300 e. The van der Waals surface area contributed by atoms with Crippen LogP contribution in [-0.2, 0) is 11.3 Å². The fourth-order valence-electron chi connectivity index (χ4n) is 2.03. The zero-order valence-electron chi connectivity index (χ0n) is 9.23. The number of halogens is 1. The third-order valence-electron chi connectivity index (χ3n) is 2.92. The Labute approximate surface area is 110 Å². The Morgan fingerprint density at radius 1 is 1.31 bits per heavy atom. The number of rotatable bonds is 2. The van der Waals surface area contributed by atoms with Gasteiger partial charge in [-0.25, -0.2) is 0 Å². The molecule has 2 nitrogen and oxygen atoms in total. The largest absolute Gasteiger partial charge is 0.300 e. The molecule has 0 bridgehead atoms. The van der Waals surface area contributed by atoms with Crippen LogP contribution in [0.4, 0.5) is 0 Å². The maximum atomic E-state index is 11.5. The SMILES string of the molecule is O=C1CCCN(Cc2ccccc2)C(I)C1. The summed E-state index contributed by atoms with van der Waals surface area (Å²) in [5, 5.41) is 0. The van der Waals surface area contributed by atoms with Crippen molar-refractivity contribution in [1.82, 2.24) is 4.90 Å². The lowest BCUT2D eigenvalue weighted by molar-refractivity contribution is -0.118. The van der Waals surface area contributed by atoms with Gasteiger partial charge in [0, 0.05) is 19.4 Å². The van der Waals surface area contributed by atoms with E-state index in [4.69, 9.17) is 0 Å². The molecule has 1 aliphatic heterocycles. The van der Waals surface area contributed by atoms with Crippen molar-refractivity contribution in [2.75, 3.05) is 6.54 Å². The molecule has 3 heteroatoms. The number of nitrogens with zero attached hydrogens (tertiary/aromatic N) is 1. The molecule has 1 aromatic rings. The van der Waals surface area contributed by atoms with Crippen LogP contribution < -0.4 is 0 Å². The summed E-state index contributed by atoms with van der Waals surface area (Å²) in [7, 11) is 0. The molecule has 1 heterocycles. The number of benzene rings is 1. The van der Waals surface area contributed by atoms with E-state index in [1.165, 1.54) is 5.56 Å². The highest BCUT2D eigenvalue weighted by Crippen LogP contribution is 2.21. The molecular weight excluding hydrogens is 313 g/mol. The number of alkyl halides is 1. The molecule has 0 aromatic heterocycles. The second-order valence-corrected chi connectivity index (χ2v) is 5.67. The Balaban J connectivity index is 2.01. The van der Waals surface area contributed by atoms with Crippen LogP contribution in [-0.4, -0.2) is 21.3 Å². The first-order valence-corrected chi connectivity index (χ1v) is 6.94. The monoisotopic (exact) mass is 329 g/mol. The zero-order chi connectivity index (χ0) is 11.4. The van der Waals surface area contributed by atoms with Crippen LogP contribution >= 0.6 is 22.6 Å². The number of Topliss-reactive ketones (excluding diaryl/α,β-unsaturated/α-hetero) is 1. The Morgan fingerprint density at radius 3 is 2.81 bits per heavy atom. The van der Waals surface area contributed by atoms with E-state index >= 15 is 0 Å². The summed E-state index contributed by atoms with van der Waals surface area (Å²) < 4.78 is 0.354. The summed E-state index contributed by atoms with van der Waals surface area (Å²) in [4.78, 5) is 13.9. The molecule has 1 atom stereocenters. The van der Waals surface area contributed by atoms with Gasteiger partial charge in [0.25, 0.3) is 0 Å². The highest BCUT2D eigenvalue weighted by atomic mass is 127. The molecule has 86 valence electrons. The number of hydrogen-bond acceptors (Lipinski definition) is 2. The first-order valence-electron chi connectivity index (χ1n) is 5.69. The van der Waals surface area contributed by atoms with E-state index in [1.54, 1.807) is 0 Å². The van der Waals surface area contributed by atoms with Crippen molar-refractivity contribution < 1.29 is 4.79 Å². The van der Waals surface area contributed by atoms with Crippen molar-refractivity contribution in [3.8, 4) is 0 Å². The summed E-state index contributed by atoms with van der Waals surface area (Å²) in [6.07, 6.45) is 2.46. The predicted molar refractivity (Wildman–Crippen MR) is 73.5 cm³/mol. The fraction of sp³-hybridized carbons (Fsp3) is 0.462. The van der Waals surface area contributed by atoms with Crippen molar-refractivity contribution in [3.63, 3.8) is 0 Å². The van der Waals surface area contributed by atoms with Gasteiger partial charge < -0.3 is 0 Å². The molecule has 0 N–H and O–H groups in total. The topological polar surface area (TPSA) is 20.3 Å². The molecule has 1 fully saturated rings. The molecule has 0 aliphatic carbocycles. The lowest BCUT2D eigenvalue weighted by Gasteiger charge is -2.24. The maximum absolute atomic E-state index is 11.5. The number of ketones is 1. The lowest BCUT2D eigenvalue weighted by atomic mass is 10.2. The lowest BCUT2D eigenvalue weighted by Crippen LogP contribution is -2.30. The predicted octanol–water partition coefficient (Wildman–Crippen LogP) is 3.00. The van der Waals surface area contributed by atoms with Gasteiger partial charge in [-0.1, -0.05) is 52.9 Å². The van der Waals surface area contributed by atoms with Gasteiger partial charge in [0.2, 0.25) is 0 Å². The highest BCUT2D eigenvalue weighted by molar-refractivity contribution is 14.1. The zero-order valence-corrected chi connectivity index (χ0v) is 11.4. The summed E-state index contributed by atoms with van der Waals surface area (Å²) in [6.45, 7) is 2.00. The summed E-state index contributed by atoms with van der Waals surface area (Å²) in [5.41, 5.74) is 1.33. The van der Waals surface area contributed by atoms with Crippen molar-refractivity contribution >= 4 is 28.4 Å².